The first kappa shape index (κ1) is 12.6. The summed E-state index contributed by atoms with van der Waals surface area (Å²) in [7, 11) is 0. The minimum absolute atomic E-state index is 0.238. The van der Waals surface area contributed by atoms with Gasteiger partial charge >= 0.3 is 0 Å². The van der Waals surface area contributed by atoms with Crippen LogP contribution in [0.5, 0.6) is 0 Å². The topological polar surface area (TPSA) is 83.8 Å². The van der Waals surface area contributed by atoms with E-state index in [0.29, 0.717) is 17.1 Å². The van der Waals surface area contributed by atoms with Crippen LogP contribution in [0, 0.1) is 13.8 Å². The van der Waals surface area contributed by atoms with Crippen LogP contribution in [0.2, 0.25) is 0 Å². The molecule has 1 aromatic carbocycles. The summed E-state index contributed by atoms with van der Waals surface area (Å²) in [6.07, 6.45) is 0. The number of halogens is 1. The Bertz CT molecular complexity index is 586. The lowest BCUT2D eigenvalue weighted by molar-refractivity contribution is 0.102. The number of hydrogen-bond acceptors (Lipinski definition) is 3. The number of carbonyl (C=O) groups excluding carboxylic acids is 1. The fourth-order valence-electron chi connectivity index (χ4n) is 1.53. The zero-order chi connectivity index (χ0) is 13.3. The molecule has 94 valence electrons. The van der Waals surface area contributed by atoms with Gasteiger partial charge in [-0.3, -0.25) is 9.89 Å². The fourth-order valence-corrected chi connectivity index (χ4v) is 2.04. The van der Waals surface area contributed by atoms with Crippen LogP contribution in [0.15, 0.2) is 22.7 Å². The lowest BCUT2D eigenvalue weighted by atomic mass is 10.2. The number of nitrogens with zero attached hydrogens (tertiary/aromatic N) is 1. The van der Waals surface area contributed by atoms with Gasteiger partial charge in [0.2, 0.25) is 0 Å². The second-order valence-electron chi connectivity index (χ2n) is 4.05. The minimum Gasteiger partial charge on any atom is -0.399 e. The molecule has 5 nitrogen and oxygen atoms in total. The molecule has 0 aliphatic rings. The largest absolute Gasteiger partial charge is 0.399 e. The number of nitrogens with one attached hydrogen (secondary N) is 2. The highest BCUT2D eigenvalue weighted by molar-refractivity contribution is 9.10. The van der Waals surface area contributed by atoms with Crippen molar-refractivity contribution in [2.45, 2.75) is 13.8 Å². The van der Waals surface area contributed by atoms with E-state index in [1.807, 2.05) is 13.8 Å². The van der Waals surface area contributed by atoms with E-state index in [2.05, 4.69) is 31.4 Å². The van der Waals surface area contributed by atoms with Crippen LogP contribution in [-0.4, -0.2) is 16.1 Å². The van der Waals surface area contributed by atoms with Crippen LogP contribution in [0.25, 0.3) is 0 Å². The lowest BCUT2D eigenvalue weighted by Crippen LogP contribution is -2.13. The average Bonchev–Trinajstić information content (AvgIpc) is 2.59. The number of aromatic amines is 1. The minimum atomic E-state index is -0.238. The molecule has 0 spiro atoms. The summed E-state index contributed by atoms with van der Waals surface area (Å²) in [5.41, 5.74) is 8.56. The van der Waals surface area contributed by atoms with E-state index in [1.54, 1.807) is 18.2 Å². The molecule has 1 aromatic heterocycles. The van der Waals surface area contributed by atoms with Gasteiger partial charge in [-0.2, -0.15) is 5.10 Å². The number of carbonyl (C=O) groups is 1. The molecule has 0 saturated carbocycles. The van der Waals surface area contributed by atoms with Crippen LogP contribution in [-0.2, 0) is 0 Å². The van der Waals surface area contributed by atoms with Crippen molar-refractivity contribution in [1.82, 2.24) is 10.2 Å². The molecular formula is C12H13BrN4O. The van der Waals surface area contributed by atoms with Crippen molar-refractivity contribution in [3.63, 3.8) is 0 Å². The number of nitrogen functional groups attached to an aromatic ring is 1. The molecule has 0 atom stereocenters. The van der Waals surface area contributed by atoms with Crippen LogP contribution < -0.4 is 11.1 Å². The molecule has 0 saturated heterocycles. The monoisotopic (exact) mass is 308 g/mol. The Morgan fingerprint density at radius 2 is 2.11 bits per heavy atom. The first-order chi connectivity index (χ1) is 8.47. The first-order valence-electron chi connectivity index (χ1n) is 5.36. The van der Waals surface area contributed by atoms with Crippen LogP contribution in [0.3, 0.4) is 0 Å². The van der Waals surface area contributed by atoms with Gasteiger partial charge in [-0.15, -0.1) is 0 Å². The lowest BCUT2D eigenvalue weighted by Gasteiger charge is -2.05. The number of aromatic nitrogens is 2. The second kappa shape index (κ2) is 4.81. The molecule has 6 heteroatoms. The molecule has 18 heavy (non-hydrogen) atoms. The van der Waals surface area contributed by atoms with E-state index < -0.39 is 0 Å². The van der Waals surface area contributed by atoms with Crippen LogP contribution in [0.1, 0.15) is 21.6 Å². The van der Waals surface area contributed by atoms with Crippen molar-refractivity contribution in [3.8, 4) is 0 Å². The molecule has 0 fully saturated rings. The van der Waals surface area contributed by atoms with Gasteiger partial charge in [0.15, 0.2) is 5.82 Å². The number of nitrogens with two attached hydrogens (primary N) is 1. The highest BCUT2D eigenvalue weighted by Crippen LogP contribution is 2.19. The summed E-state index contributed by atoms with van der Waals surface area (Å²) in [4.78, 5) is 12.0. The van der Waals surface area contributed by atoms with Gasteiger partial charge in [0, 0.05) is 27.0 Å². The van der Waals surface area contributed by atoms with E-state index in [-0.39, 0.29) is 5.91 Å². The van der Waals surface area contributed by atoms with Gasteiger partial charge in [-0.05, 0) is 32.0 Å². The summed E-state index contributed by atoms with van der Waals surface area (Å²) in [6, 6.07) is 5.07. The maximum absolute atomic E-state index is 12.0. The molecular weight excluding hydrogens is 296 g/mol. The number of hydrogen-bond donors (Lipinski definition) is 3. The first-order valence-corrected chi connectivity index (χ1v) is 6.15. The highest BCUT2D eigenvalue weighted by atomic mass is 79.9. The maximum atomic E-state index is 12.0. The summed E-state index contributed by atoms with van der Waals surface area (Å²) < 4.78 is 0.766. The van der Waals surface area contributed by atoms with Crippen molar-refractivity contribution in [3.05, 3.63) is 39.5 Å². The zero-order valence-electron chi connectivity index (χ0n) is 10.0. The third kappa shape index (κ3) is 2.53. The summed E-state index contributed by atoms with van der Waals surface area (Å²) >= 11 is 3.30. The maximum Gasteiger partial charge on any atom is 0.256 e. The quantitative estimate of drug-likeness (QED) is 0.746. The van der Waals surface area contributed by atoms with E-state index in [9.17, 15) is 4.79 Å². The molecule has 1 heterocycles. The molecule has 2 aromatic rings. The third-order valence-electron chi connectivity index (χ3n) is 2.67. The molecule has 2 rings (SSSR count). The summed E-state index contributed by atoms with van der Waals surface area (Å²) in [5.74, 6) is 0.300. The Balaban J connectivity index is 2.24. The Morgan fingerprint density at radius 1 is 1.39 bits per heavy atom. The molecule has 0 radical (unpaired) electrons. The normalized spacial score (nSPS) is 10.4. The second-order valence-corrected chi connectivity index (χ2v) is 4.97. The standard InChI is InChI=1S/C12H13BrN4O/c1-6-7(2)16-17-11(6)15-12(18)8-3-9(13)5-10(14)4-8/h3-5H,14H2,1-2H3,(H2,15,16,17,18). The molecule has 1 amide bonds. The highest BCUT2D eigenvalue weighted by Gasteiger charge is 2.12. The molecule has 0 aliphatic heterocycles. The van der Waals surface area contributed by atoms with Crippen molar-refractivity contribution in [2.75, 3.05) is 11.1 Å². The number of aryl methyl sites for hydroxylation is 1. The van der Waals surface area contributed by atoms with Crippen LogP contribution in [0.4, 0.5) is 11.5 Å². The third-order valence-corrected chi connectivity index (χ3v) is 3.13. The fraction of sp³-hybridized carbons (Fsp3) is 0.167. The number of H-pyrrole nitrogens is 1. The summed E-state index contributed by atoms with van der Waals surface area (Å²) in [5, 5.41) is 9.59. The van der Waals surface area contributed by atoms with Crippen molar-refractivity contribution in [1.29, 1.82) is 0 Å². The van der Waals surface area contributed by atoms with E-state index in [4.69, 9.17) is 5.73 Å². The Kier molecular flexibility index (Phi) is 3.38. The smallest absolute Gasteiger partial charge is 0.256 e. The van der Waals surface area contributed by atoms with Crippen molar-refractivity contribution >= 4 is 33.3 Å². The number of anilines is 2. The van der Waals surface area contributed by atoms with Crippen LogP contribution >= 0.6 is 15.9 Å². The van der Waals surface area contributed by atoms with E-state index in [0.717, 1.165) is 15.7 Å². The van der Waals surface area contributed by atoms with Crippen molar-refractivity contribution < 1.29 is 4.79 Å². The molecule has 0 bridgehead atoms. The van der Waals surface area contributed by atoms with Crippen molar-refractivity contribution in [2.24, 2.45) is 0 Å². The molecule has 0 aliphatic carbocycles. The molecule has 4 N–H and O–H groups in total. The van der Waals surface area contributed by atoms with Gasteiger partial charge in [0.1, 0.15) is 0 Å². The number of rotatable bonds is 2. The number of amides is 1. The summed E-state index contributed by atoms with van der Waals surface area (Å²) in [6.45, 7) is 3.79. The van der Waals surface area contributed by atoms with Gasteiger partial charge in [0.05, 0.1) is 0 Å². The van der Waals surface area contributed by atoms with E-state index in [1.165, 1.54) is 0 Å². The van der Waals surface area contributed by atoms with Gasteiger partial charge in [0.25, 0.3) is 5.91 Å². The van der Waals surface area contributed by atoms with Gasteiger partial charge in [-0.25, -0.2) is 0 Å². The van der Waals surface area contributed by atoms with E-state index >= 15 is 0 Å². The van der Waals surface area contributed by atoms with Gasteiger partial charge in [-0.1, -0.05) is 15.9 Å². The Hall–Kier alpha value is -1.82. The predicted molar refractivity (Wildman–Crippen MR) is 74.6 cm³/mol. The SMILES string of the molecule is Cc1[nH]nc(NC(=O)c2cc(N)cc(Br)c2)c1C. The zero-order valence-corrected chi connectivity index (χ0v) is 11.6. The Labute approximate surface area is 113 Å². The Morgan fingerprint density at radius 3 is 2.67 bits per heavy atom. The molecule has 0 unspecified atom stereocenters. The average molecular weight is 309 g/mol. The number of benzene rings is 1. The van der Waals surface area contributed by atoms with Gasteiger partial charge < -0.3 is 11.1 Å². The predicted octanol–water partition coefficient (Wildman–Crippen LogP) is 2.62.